The number of aryl methyl sites for hydroxylation is 1. The maximum absolute atomic E-state index is 12.7. The molecule has 0 radical (unpaired) electrons. The third kappa shape index (κ3) is 6.15. The third-order valence-corrected chi connectivity index (χ3v) is 5.90. The number of nitrogens with one attached hydrogen (secondary N) is 2. The van der Waals surface area contributed by atoms with Gasteiger partial charge in [-0.1, -0.05) is 43.5 Å². The van der Waals surface area contributed by atoms with E-state index in [0.29, 0.717) is 23.0 Å². The van der Waals surface area contributed by atoms with Crippen molar-refractivity contribution in [3.05, 3.63) is 59.7 Å². The van der Waals surface area contributed by atoms with Crippen molar-refractivity contribution in [1.82, 2.24) is 9.97 Å². The SMILES string of the molecule is Cc1cccc(Nc2cc(-c3cccc(OC(F)(F)F)c3)nc(NC3CCCCC3)n2)c1C. The fraction of sp³-hybridized carbons (Fsp3) is 0.360. The molecule has 4 rings (SSSR count). The molecule has 0 unspecified atom stereocenters. The first-order chi connectivity index (χ1) is 15.8. The second kappa shape index (κ2) is 9.68. The zero-order valence-corrected chi connectivity index (χ0v) is 18.7. The van der Waals surface area contributed by atoms with E-state index in [1.807, 2.05) is 32.0 Å². The molecule has 1 aliphatic carbocycles. The van der Waals surface area contributed by atoms with Crippen LogP contribution in [0.1, 0.15) is 43.2 Å². The van der Waals surface area contributed by atoms with Crippen LogP contribution in [0.5, 0.6) is 5.75 Å². The first kappa shape index (κ1) is 22.9. The zero-order valence-electron chi connectivity index (χ0n) is 18.7. The lowest BCUT2D eigenvalue weighted by molar-refractivity contribution is -0.274. The Bertz CT molecular complexity index is 1110. The predicted octanol–water partition coefficient (Wildman–Crippen LogP) is 7.15. The molecule has 0 aliphatic heterocycles. The lowest BCUT2D eigenvalue weighted by Gasteiger charge is -2.23. The summed E-state index contributed by atoms with van der Waals surface area (Å²) in [5, 5.41) is 6.77. The number of hydrogen-bond donors (Lipinski definition) is 2. The van der Waals surface area contributed by atoms with E-state index in [1.165, 1.54) is 24.6 Å². The van der Waals surface area contributed by atoms with Gasteiger partial charge in [0.1, 0.15) is 11.6 Å². The number of halogens is 3. The number of ether oxygens (including phenoxy) is 1. The predicted molar refractivity (Wildman–Crippen MR) is 124 cm³/mol. The van der Waals surface area contributed by atoms with Crippen molar-refractivity contribution in [2.75, 3.05) is 10.6 Å². The highest BCUT2D eigenvalue weighted by molar-refractivity contribution is 5.69. The highest BCUT2D eigenvalue weighted by Gasteiger charge is 2.31. The molecular formula is C25H27F3N4O. The van der Waals surface area contributed by atoms with Gasteiger partial charge in [-0.05, 0) is 56.0 Å². The number of aromatic nitrogens is 2. The first-order valence-electron chi connectivity index (χ1n) is 11.1. The summed E-state index contributed by atoms with van der Waals surface area (Å²) in [4.78, 5) is 9.27. The molecule has 0 spiro atoms. The van der Waals surface area contributed by atoms with Crippen LogP contribution in [0.25, 0.3) is 11.3 Å². The zero-order chi connectivity index (χ0) is 23.4. The van der Waals surface area contributed by atoms with Crippen molar-refractivity contribution in [1.29, 1.82) is 0 Å². The van der Waals surface area contributed by atoms with E-state index >= 15 is 0 Å². The maximum atomic E-state index is 12.7. The Kier molecular flexibility index (Phi) is 6.72. The van der Waals surface area contributed by atoms with Crippen LogP contribution in [0.15, 0.2) is 48.5 Å². The summed E-state index contributed by atoms with van der Waals surface area (Å²) >= 11 is 0. The van der Waals surface area contributed by atoms with Gasteiger partial charge in [-0.15, -0.1) is 13.2 Å². The van der Waals surface area contributed by atoms with Crippen molar-refractivity contribution in [3.63, 3.8) is 0 Å². The Morgan fingerprint density at radius 2 is 1.70 bits per heavy atom. The molecule has 0 bridgehead atoms. The number of benzene rings is 2. The summed E-state index contributed by atoms with van der Waals surface area (Å²) in [5.41, 5.74) is 4.17. The second-order valence-electron chi connectivity index (χ2n) is 8.39. The lowest BCUT2D eigenvalue weighted by Crippen LogP contribution is -2.23. The van der Waals surface area contributed by atoms with Gasteiger partial charge in [0.15, 0.2) is 0 Å². The molecule has 2 N–H and O–H groups in total. The van der Waals surface area contributed by atoms with Crippen LogP contribution in [0.2, 0.25) is 0 Å². The average Bonchev–Trinajstić information content (AvgIpc) is 2.76. The molecule has 1 fully saturated rings. The molecule has 3 aromatic rings. The fourth-order valence-corrected chi connectivity index (χ4v) is 4.03. The summed E-state index contributed by atoms with van der Waals surface area (Å²) < 4.78 is 42.2. The monoisotopic (exact) mass is 456 g/mol. The molecule has 5 nitrogen and oxygen atoms in total. The molecule has 2 aromatic carbocycles. The lowest BCUT2D eigenvalue weighted by atomic mass is 9.96. The number of rotatable bonds is 6. The van der Waals surface area contributed by atoms with Gasteiger partial charge in [0.25, 0.3) is 0 Å². The standard InChI is InChI=1S/C25H27F3N4O/c1-16-8-6-13-21(17(16)2)30-23-15-22(18-9-7-12-20(14-18)33-25(26,27)28)31-24(32-23)29-19-10-4-3-5-11-19/h6-9,12-15,19H,3-5,10-11H2,1-2H3,(H2,29,30,31,32). The molecule has 0 amide bonds. The van der Waals surface area contributed by atoms with Gasteiger partial charge in [0.2, 0.25) is 5.95 Å². The number of anilines is 3. The van der Waals surface area contributed by atoms with Crippen LogP contribution in [-0.2, 0) is 0 Å². The van der Waals surface area contributed by atoms with Crippen molar-refractivity contribution in [3.8, 4) is 17.0 Å². The molecule has 8 heteroatoms. The van der Waals surface area contributed by atoms with Gasteiger partial charge in [0, 0.05) is 23.4 Å². The maximum Gasteiger partial charge on any atom is 0.573 e. The first-order valence-corrected chi connectivity index (χ1v) is 11.1. The van der Waals surface area contributed by atoms with Gasteiger partial charge in [0.05, 0.1) is 5.69 Å². The van der Waals surface area contributed by atoms with E-state index in [4.69, 9.17) is 0 Å². The van der Waals surface area contributed by atoms with Gasteiger partial charge in [-0.2, -0.15) is 4.98 Å². The van der Waals surface area contributed by atoms with Gasteiger partial charge < -0.3 is 15.4 Å². The number of nitrogens with zero attached hydrogens (tertiary/aromatic N) is 2. The van der Waals surface area contributed by atoms with Crippen LogP contribution >= 0.6 is 0 Å². The van der Waals surface area contributed by atoms with Crippen molar-refractivity contribution < 1.29 is 17.9 Å². The molecule has 0 atom stereocenters. The minimum atomic E-state index is -4.76. The minimum Gasteiger partial charge on any atom is -0.406 e. The van der Waals surface area contributed by atoms with Gasteiger partial charge in [-0.25, -0.2) is 4.98 Å². The highest BCUT2D eigenvalue weighted by Crippen LogP contribution is 2.31. The average molecular weight is 457 g/mol. The van der Waals surface area contributed by atoms with Crippen molar-refractivity contribution in [2.45, 2.75) is 58.4 Å². The largest absolute Gasteiger partial charge is 0.573 e. The molecular weight excluding hydrogens is 429 g/mol. The van der Waals surface area contributed by atoms with Gasteiger partial charge in [-0.3, -0.25) is 0 Å². The summed E-state index contributed by atoms with van der Waals surface area (Å²) in [6.45, 7) is 4.06. The molecule has 33 heavy (non-hydrogen) atoms. The minimum absolute atomic E-state index is 0.280. The number of alkyl halides is 3. The second-order valence-corrected chi connectivity index (χ2v) is 8.39. The normalized spacial score (nSPS) is 14.7. The van der Waals surface area contributed by atoms with E-state index in [9.17, 15) is 13.2 Å². The Morgan fingerprint density at radius 1 is 0.939 bits per heavy atom. The smallest absolute Gasteiger partial charge is 0.406 e. The van der Waals surface area contributed by atoms with Crippen LogP contribution < -0.4 is 15.4 Å². The Hall–Kier alpha value is -3.29. The van der Waals surface area contributed by atoms with E-state index in [2.05, 4.69) is 25.3 Å². The summed E-state index contributed by atoms with van der Waals surface area (Å²) in [6.07, 6.45) is 0.867. The molecule has 1 aliphatic rings. The van der Waals surface area contributed by atoms with E-state index < -0.39 is 6.36 Å². The third-order valence-electron chi connectivity index (χ3n) is 5.90. The van der Waals surface area contributed by atoms with E-state index in [1.54, 1.807) is 12.1 Å². The van der Waals surface area contributed by atoms with Crippen molar-refractivity contribution >= 4 is 17.5 Å². The highest BCUT2D eigenvalue weighted by atomic mass is 19.4. The Morgan fingerprint density at radius 3 is 2.45 bits per heavy atom. The van der Waals surface area contributed by atoms with Crippen LogP contribution in [0, 0.1) is 13.8 Å². The Balaban J connectivity index is 1.69. The summed E-state index contributed by atoms with van der Waals surface area (Å²) in [5.74, 6) is 0.730. The summed E-state index contributed by atoms with van der Waals surface area (Å²) in [6, 6.07) is 13.8. The molecule has 174 valence electrons. The Labute approximate surface area is 191 Å². The topological polar surface area (TPSA) is 59.1 Å². The van der Waals surface area contributed by atoms with Crippen LogP contribution in [0.3, 0.4) is 0 Å². The molecule has 0 saturated heterocycles. The number of hydrogen-bond acceptors (Lipinski definition) is 5. The fourth-order valence-electron chi connectivity index (χ4n) is 4.03. The van der Waals surface area contributed by atoms with E-state index in [-0.39, 0.29) is 11.8 Å². The van der Waals surface area contributed by atoms with Crippen LogP contribution in [0.4, 0.5) is 30.6 Å². The molecule has 1 saturated carbocycles. The quantitative estimate of drug-likeness (QED) is 0.413. The summed E-state index contributed by atoms with van der Waals surface area (Å²) in [7, 11) is 0. The van der Waals surface area contributed by atoms with Crippen molar-refractivity contribution in [2.24, 2.45) is 0 Å². The van der Waals surface area contributed by atoms with Gasteiger partial charge >= 0.3 is 6.36 Å². The van der Waals surface area contributed by atoms with Crippen LogP contribution in [-0.4, -0.2) is 22.4 Å². The molecule has 1 aromatic heterocycles. The van der Waals surface area contributed by atoms with E-state index in [0.717, 1.165) is 42.5 Å². The molecule has 1 heterocycles.